The highest BCUT2D eigenvalue weighted by Gasteiger charge is 2.17. The lowest BCUT2D eigenvalue weighted by atomic mass is 10.0. The first-order valence-corrected chi connectivity index (χ1v) is 7.23. The minimum atomic E-state index is -0.0293. The number of nitrogens with zero attached hydrogens (tertiary/aromatic N) is 2. The van der Waals surface area contributed by atoms with Gasteiger partial charge < -0.3 is 10.0 Å². The van der Waals surface area contributed by atoms with Crippen molar-refractivity contribution in [3.63, 3.8) is 0 Å². The number of pyridine rings is 1. The lowest BCUT2D eigenvalue weighted by molar-refractivity contribution is 0.281. The molecule has 0 spiro atoms. The second-order valence-corrected chi connectivity index (χ2v) is 5.47. The number of anilines is 1. The second kappa shape index (κ2) is 5.81. The summed E-state index contributed by atoms with van der Waals surface area (Å²) in [7, 11) is 0. The smallest absolute Gasteiger partial charge is 0.147 e. The number of fused-ring (bicyclic) bond motifs is 1. The van der Waals surface area contributed by atoms with E-state index in [0.29, 0.717) is 5.02 Å². The molecule has 0 radical (unpaired) electrons. The van der Waals surface area contributed by atoms with Crippen LogP contribution in [-0.2, 0) is 19.4 Å². The van der Waals surface area contributed by atoms with Gasteiger partial charge in [0.1, 0.15) is 5.82 Å². The van der Waals surface area contributed by atoms with E-state index in [0.717, 1.165) is 37.3 Å². The van der Waals surface area contributed by atoms with Gasteiger partial charge in [-0.3, -0.25) is 0 Å². The maximum atomic E-state index is 9.11. The molecule has 20 heavy (non-hydrogen) atoms. The van der Waals surface area contributed by atoms with Crippen molar-refractivity contribution in [2.45, 2.75) is 19.4 Å². The molecule has 0 fully saturated rings. The molecule has 0 bridgehead atoms. The third kappa shape index (κ3) is 2.65. The first kappa shape index (κ1) is 13.4. The van der Waals surface area contributed by atoms with Gasteiger partial charge in [-0.05, 0) is 35.6 Å². The summed E-state index contributed by atoms with van der Waals surface area (Å²) in [6.07, 6.45) is 3.71. The Morgan fingerprint density at radius 3 is 2.35 bits per heavy atom. The van der Waals surface area contributed by atoms with Gasteiger partial charge >= 0.3 is 0 Å². The lowest BCUT2D eigenvalue weighted by Gasteiger charge is -2.22. The van der Waals surface area contributed by atoms with Crippen molar-refractivity contribution < 1.29 is 5.11 Å². The van der Waals surface area contributed by atoms with Crippen LogP contribution < -0.4 is 4.90 Å². The Morgan fingerprint density at radius 2 is 1.80 bits per heavy atom. The highest BCUT2D eigenvalue weighted by atomic mass is 35.5. The van der Waals surface area contributed by atoms with Crippen molar-refractivity contribution in [1.29, 1.82) is 0 Å². The van der Waals surface area contributed by atoms with Gasteiger partial charge in [0.25, 0.3) is 0 Å². The van der Waals surface area contributed by atoms with Crippen LogP contribution in [0.25, 0.3) is 0 Å². The fraction of sp³-hybridized carbons (Fsp3) is 0.312. The Kier molecular flexibility index (Phi) is 3.90. The number of rotatable bonds is 2. The summed E-state index contributed by atoms with van der Waals surface area (Å²) in [5.41, 5.74) is 3.58. The van der Waals surface area contributed by atoms with Crippen molar-refractivity contribution >= 4 is 17.4 Å². The monoisotopic (exact) mass is 288 g/mol. The molecule has 0 saturated carbocycles. The van der Waals surface area contributed by atoms with Crippen molar-refractivity contribution in [1.82, 2.24) is 4.98 Å². The summed E-state index contributed by atoms with van der Waals surface area (Å²) in [4.78, 5) is 6.64. The Balaban J connectivity index is 1.83. The van der Waals surface area contributed by atoms with Gasteiger partial charge in [0.15, 0.2) is 0 Å². The summed E-state index contributed by atoms with van der Waals surface area (Å²) in [5.74, 6) is 0.816. The lowest BCUT2D eigenvalue weighted by Crippen LogP contribution is -2.27. The molecule has 1 aromatic heterocycles. The van der Waals surface area contributed by atoms with Crippen LogP contribution in [-0.4, -0.2) is 23.2 Å². The first-order chi connectivity index (χ1) is 9.78. The molecule has 1 aliphatic heterocycles. The normalized spacial score (nSPS) is 14.8. The maximum Gasteiger partial charge on any atom is 0.147 e. The zero-order valence-corrected chi connectivity index (χ0v) is 12.0. The van der Waals surface area contributed by atoms with Crippen LogP contribution in [0.4, 0.5) is 5.82 Å². The number of aromatic nitrogens is 1. The van der Waals surface area contributed by atoms with Gasteiger partial charge in [-0.1, -0.05) is 35.9 Å². The molecule has 0 unspecified atom stereocenters. The van der Waals surface area contributed by atoms with Crippen molar-refractivity contribution in [2.75, 3.05) is 18.0 Å². The molecule has 3 rings (SSSR count). The predicted molar refractivity (Wildman–Crippen MR) is 81.2 cm³/mol. The van der Waals surface area contributed by atoms with E-state index >= 15 is 0 Å². The van der Waals surface area contributed by atoms with Gasteiger partial charge in [-0.2, -0.15) is 0 Å². The molecule has 1 aromatic carbocycles. The van der Waals surface area contributed by atoms with Gasteiger partial charge in [-0.15, -0.1) is 0 Å². The van der Waals surface area contributed by atoms with Crippen LogP contribution >= 0.6 is 11.6 Å². The molecule has 3 nitrogen and oxygen atoms in total. The van der Waals surface area contributed by atoms with E-state index in [2.05, 4.69) is 34.1 Å². The van der Waals surface area contributed by atoms with Crippen LogP contribution in [0.2, 0.25) is 5.02 Å². The molecule has 1 aliphatic rings. The van der Waals surface area contributed by atoms with E-state index in [9.17, 15) is 0 Å². The molecule has 2 aromatic rings. The average molecular weight is 289 g/mol. The van der Waals surface area contributed by atoms with Gasteiger partial charge in [-0.25, -0.2) is 4.98 Å². The van der Waals surface area contributed by atoms with Gasteiger partial charge in [0, 0.05) is 19.3 Å². The number of aliphatic hydroxyl groups is 1. The van der Waals surface area contributed by atoms with Gasteiger partial charge in [0.05, 0.1) is 11.6 Å². The first-order valence-electron chi connectivity index (χ1n) is 6.85. The largest absolute Gasteiger partial charge is 0.392 e. The zero-order valence-electron chi connectivity index (χ0n) is 11.2. The molecule has 1 N–H and O–H groups in total. The summed E-state index contributed by atoms with van der Waals surface area (Å²) >= 11 is 6.29. The fourth-order valence-electron chi connectivity index (χ4n) is 2.67. The summed E-state index contributed by atoms with van der Waals surface area (Å²) in [6, 6.07) is 10.4. The number of benzene rings is 1. The van der Waals surface area contributed by atoms with Crippen molar-refractivity contribution in [3.8, 4) is 0 Å². The van der Waals surface area contributed by atoms with Gasteiger partial charge in [0.2, 0.25) is 0 Å². The van der Waals surface area contributed by atoms with E-state index in [-0.39, 0.29) is 6.61 Å². The molecule has 4 heteroatoms. The molecule has 0 saturated heterocycles. The molecule has 0 aliphatic carbocycles. The standard InChI is InChI=1S/C16H17ClN2O/c17-15-9-12(11-20)10-18-16(15)19-7-5-13-3-1-2-4-14(13)6-8-19/h1-4,9-10,20H,5-8,11H2. The molecule has 2 heterocycles. The predicted octanol–water partition coefficient (Wildman–Crippen LogP) is 2.83. The summed E-state index contributed by atoms with van der Waals surface area (Å²) < 4.78 is 0. The third-order valence-corrected chi connectivity index (χ3v) is 4.06. The number of hydrogen-bond donors (Lipinski definition) is 1. The molecular formula is C16H17ClN2O. The highest BCUT2D eigenvalue weighted by molar-refractivity contribution is 6.33. The van der Waals surface area contributed by atoms with Crippen LogP contribution in [0.1, 0.15) is 16.7 Å². The number of hydrogen-bond acceptors (Lipinski definition) is 3. The summed E-state index contributed by atoms with van der Waals surface area (Å²) in [6.45, 7) is 1.81. The van der Waals surface area contributed by atoms with Crippen LogP contribution in [0, 0.1) is 0 Å². The molecular weight excluding hydrogens is 272 g/mol. The Bertz CT molecular complexity index is 588. The minimum Gasteiger partial charge on any atom is -0.392 e. The Labute approximate surface area is 123 Å². The van der Waals surface area contributed by atoms with Crippen LogP contribution in [0.5, 0.6) is 0 Å². The third-order valence-electron chi connectivity index (χ3n) is 3.78. The van der Waals surface area contributed by atoms with Crippen molar-refractivity contribution in [3.05, 3.63) is 58.2 Å². The van der Waals surface area contributed by atoms with Crippen LogP contribution in [0.15, 0.2) is 36.5 Å². The molecule has 0 atom stereocenters. The maximum absolute atomic E-state index is 9.11. The zero-order chi connectivity index (χ0) is 13.9. The second-order valence-electron chi connectivity index (χ2n) is 5.06. The van der Waals surface area contributed by atoms with Crippen molar-refractivity contribution in [2.24, 2.45) is 0 Å². The number of halogens is 1. The minimum absolute atomic E-state index is 0.0293. The molecule has 0 amide bonds. The summed E-state index contributed by atoms with van der Waals surface area (Å²) in [5, 5.41) is 9.73. The average Bonchev–Trinajstić information content (AvgIpc) is 2.70. The topological polar surface area (TPSA) is 36.4 Å². The highest BCUT2D eigenvalue weighted by Crippen LogP contribution is 2.26. The number of aliphatic hydroxyl groups excluding tert-OH is 1. The molecule has 104 valence electrons. The quantitative estimate of drug-likeness (QED) is 0.923. The van der Waals surface area contributed by atoms with E-state index in [1.807, 2.05) is 0 Å². The Hall–Kier alpha value is -1.58. The Morgan fingerprint density at radius 1 is 1.15 bits per heavy atom. The SMILES string of the molecule is OCc1cnc(N2CCc3ccccc3CC2)c(Cl)c1. The van der Waals surface area contributed by atoms with E-state index in [1.165, 1.54) is 11.1 Å². The van der Waals surface area contributed by atoms with Crippen LogP contribution in [0.3, 0.4) is 0 Å². The van der Waals surface area contributed by atoms with E-state index < -0.39 is 0 Å². The fourth-order valence-corrected chi connectivity index (χ4v) is 2.98. The van der Waals surface area contributed by atoms with E-state index in [4.69, 9.17) is 16.7 Å². The van der Waals surface area contributed by atoms with E-state index in [1.54, 1.807) is 12.3 Å².